The first-order chi connectivity index (χ1) is 9.35. The van der Waals surface area contributed by atoms with Crippen LogP contribution in [0.4, 0.5) is 4.39 Å². The van der Waals surface area contributed by atoms with Crippen molar-refractivity contribution in [2.24, 2.45) is 11.3 Å². The zero-order valence-corrected chi connectivity index (χ0v) is 12.9. The Bertz CT molecular complexity index is 443. The van der Waals surface area contributed by atoms with Crippen molar-refractivity contribution in [1.82, 2.24) is 5.32 Å². The van der Waals surface area contributed by atoms with Gasteiger partial charge in [0.25, 0.3) is 0 Å². The Labute approximate surface area is 122 Å². The summed E-state index contributed by atoms with van der Waals surface area (Å²) >= 11 is 0. The van der Waals surface area contributed by atoms with Crippen molar-refractivity contribution < 1.29 is 4.39 Å². The molecule has 0 radical (unpaired) electrons. The molecule has 0 aliphatic carbocycles. The van der Waals surface area contributed by atoms with Crippen molar-refractivity contribution in [3.63, 3.8) is 0 Å². The third-order valence-corrected chi connectivity index (χ3v) is 3.61. The number of benzene rings is 1. The average molecular weight is 276 g/mol. The molecule has 1 aromatic rings. The van der Waals surface area contributed by atoms with Crippen molar-refractivity contribution >= 4 is 0 Å². The predicted molar refractivity (Wildman–Crippen MR) is 80.6 cm³/mol. The van der Waals surface area contributed by atoms with Gasteiger partial charge in [0.2, 0.25) is 0 Å². The summed E-state index contributed by atoms with van der Waals surface area (Å²) in [5.41, 5.74) is 1.19. The van der Waals surface area contributed by atoms with Crippen molar-refractivity contribution in [2.75, 3.05) is 6.54 Å². The molecule has 0 aliphatic rings. The van der Waals surface area contributed by atoms with E-state index in [0.717, 1.165) is 18.5 Å². The summed E-state index contributed by atoms with van der Waals surface area (Å²) in [7, 11) is 0. The first-order valence-electron chi connectivity index (χ1n) is 7.21. The van der Waals surface area contributed by atoms with Crippen molar-refractivity contribution in [2.45, 2.75) is 46.6 Å². The van der Waals surface area contributed by atoms with Crippen molar-refractivity contribution in [3.8, 4) is 6.07 Å². The highest BCUT2D eigenvalue weighted by Gasteiger charge is 2.21. The lowest BCUT2D eigenvalue weighted by molar-refractivity contribution is 0.280. The Morgan fingerprint density at radius 2 is 1.85 bits per heavy atom. The summed E-state index contributed by atoms with van der Waals surface area (Å²) in [6.07, 6.45) is 1.46. The van der Waals surface area contributed by atoms with E-state index >= 15 is 0 Å². The molecule has 1 aromatic carbocycles. The molecule has 3 heteroatoms. The van der Waals surface area contributed by atoms with Crippen molar-refractivity contribution in [3.05, 3.63) is 35.6 Å². The molecule has 1 rings (SSSR count). The van der Waals surface area contributed by atoms with Gasteiger partial charge in [-0.2, -0.15) is 5.26 Å². The Kier molecular flexibility index (Phi) is 6.16. The monoisotopic (exact) mass is 276 g/mol. The van der Waals surface area contributed by atoms with Crippen molar-refractivity contribution in [1.29, 1.82) is 5.26 Å². The maximum absolute atomic E-state index is 13.0. The fourth-order valence-electron chi connectivity index (χ4n) is 2.28. The topological polar surface area (TPSA) is 35.8 Å². The molecular weight excluding hydrogens is 251 g/mol. The van der Waals surface area contributed by atoms with Gasteiger partial charge >= 0.3 is 0 Å². The molecule has 110 valence electrons. The van der Waals surface area contributed by atoms with Gasteiger partial charge in [-0.15, -0.1) is 0 Å². The summed E-state index contributed by atoms with van der Waals surface area (Å²) in [5.74, 6) is 0.220. The number of rotatable bonds is 7. The van der Waals surface area contributed by atoms with Gasteiger partial charge in [-0.1, -0.05) is 39.8 Å². The van der Waals surface area contributed by atoms with Gasteiger partial charge in [0.05, 0.1) is 6.07 Å². The molecule has 0 saturated heterocycles. The van der Waals surface area contributed by atoms with Gasteiger partial charge in [-0.05, 0) is 35.4 Å². The molecule has 0 amide bonds. The summed E-state index contributed by atoms with van der Waals surface area (Å²) in [4.78, 5) is 0. The van der Waals surface area contributed by atoms with E-state index in [9.17, 15) is 4.39 Å². The summed E-state index contributed by atoms with van der Waals surface area (Å²) in [6.45, 7) is 9.49. The van der Waals surface area contributed by atoms with Crippen LogP contribution in [0.2, 0.25) is 0 Å². The predicted octanol–water partition coefficient (Wildman–Crippen LogP) is 4.44. The second-order valence-corrected chi connectivity index (χ2v) is 6.48. The van der Waals surface area contributed by atoms with Crippen LogP contribution in [0.3, 0.4) is 0 Å². The molecule has 0 heterocycles. The second kappa shape index (κ2) is 7.40. The molecule has 0 spiro atoms. The molecule has 2 nitrogen and oxygen atoms in total. The van der Waals surface area contributed by atoms with Crippen LogP contribution >= 0.6 is 0 Å². The lowest BCUT2D eigenvalue weighted by Crippen LogP contribution is -2.34. The van der Waals surface area contributed by atoms with Gasteiger partial charge in [0, 0.05) is 19.0 Å². The number of halogens is 1. The third-order valence-electron chi connectivity index (χ3n) is 3.61. The highest BCUT2D eigenvalue weighted by molar-refractivity contribution is 5.20. The van der Waals surface area contributed by atoms with Gasteiger partial charge in [0.1, 0.15) is 5.82 Å². The van der Waals surface area contributed by atoms with E-state index in [1.807, 2.05) is 12.1 Å². The normalized spacial score (nSPS) is 13.2. The smallest absolute Gasteiger partial charge is 0.123 e. The van der Waals surface area contributed by atoms with Crippen LogP contribution in [0.5, 0.6) is 0 Å². The van der Waals surface area contributed by atoms with Gasteiger partial charge < -0.3 is 5.32 Å². The van der Waals surface area contributed by atoms with Gasteiger partial charge in [-0.3, -0.25) is 0 Å². The average Bonchev–Trinajstić information content (AvgIpc) is 2.38. The highest BCUT2D eigenvalue weighted by Crippen LogP contribution is 2.26. The quantitative estimate of drug-likeness (QED) is 0.799. The molecule has 20 heavy (non-hydrogen) atoms. The van der Waals surface area contributed by atoms with Crippen LogP contribution < -0.4 is 5.32 Å². The maximum Gasteiger partial charge on any atom is 0.123 e. The Balaban J connectivity index is 2.69. The number of nitrogens with zero attached hydrogens (tertiary/aromatic N) is 1. The minimum Gasteiger partial charge on any atom is -0.309 e. The lowest BCUT2D eigenvalue weighted by Gasteiger charge is -2.30. The highest BCUT2D eigenvalue weighted by atomic mass is 19.1. The first-order valence-corrected chi connectivity index (χ1v) is 7.21. The Morgan fingerprint density at radius 1 is 1.25 bits per heavy atom. The van der Waals surface area contributed by atoms with Crippen LogP contribution in [-0.2, 0) is 0 Å². The second-order valence-electron chi connectivity index (χ2n) is 6.48. The molecule has 0 fully saturated rings. The molecular formula is C17H25FN2. The molecule has 0 saturated carbocycles. The SMILES string of the molecule is CC(C)C(NCC(C)(C)CCC#N)c1ccc(F)cc1. The minimum absolute atomic E-state index is 0.0862. The lowest BCUT2D eigenvalue weighted by atomic mass is 9.86. The number of hydrogen-bond acceptors (Lipinski definition) is 2. The first kappa shape index (κ1) is 16.7. The fraction of sp³-hybridized carbons (Fsp3) is 0.588. The summed E-state index contributed by atoms with van der Waals surface area (Å²) < 4.78 is 13.0. The zero-order valence-electron chi connectivity index (χ0n) is 12.9. The number of nitrogens with one attached hydrogen (secondary N) is 1. The molecule has 0 bridgehead atoms. The standard InChI is InChI=1S/C17H25FN2/c1-13(2)16(14-6-8-15(18)9-7-14)20-12-17(3,4)10-5-11-19/h6-9,13,16,20H,5,10,12H2,1-4H3. The summed E-state index contributed by atoms with van der Waals surface area (Å²) in [6, 6.07) is 9.11. The van der Waals surface area contributed by atoms with E-state index in [-0.39, 0.29) is 17.3 Å². The Morgan fingerprint density at radius 3 is 2.35 bits per heavy atom. The van der Waals surface area contributed by atoms with Gasteiger partial charge in [0.15, 0.2) is 0 Å². The van der Waals surface area contributed by atoms with Crippen LogP contribution in [-0.4, -0.2) is 6.54 Å². The minimum atomic E-state index is -0.203. The Hall–Kier alpha value is -1.40. The fourth-order valence-corrected chi connectivity index (χ4v) is 2.28. The zero-order chi connectivity index (χ0) is 15.2. The maximum atomic E-state index is 13.0. The largest absolute Gasteiger partial charge is 0.309 e. The van der Waals surface area contributed by atoms with E-state index in [2.05, 4.69) is 39.1 Å². The number of hydrogen-bond donors (Lipinski definition) is 1. The molecule has 0 aliphatic heterocycles. The van der Waals surface area contributed by atoms with E-state index in [1.165, 1.54) is 12.1 Å². The third kappa shape index (κ3) is 5.30. The van der Waals surface area contributed by atoms with Crippen LogP contribution in [0, 0.1) is 28.5 Å². The van der Waals surface area contributed by atoms with Crippen LogP contribution in [0.25, 0.3) is 0 Å². The summed E-state index contributed by atoms with van der Waals surface area (Å²) in [5, 5.41) is 12.3. The molecule has 1 atom stereocenters. The van der Waals surface area contributed by atoms with Crippen LogP contribution in [0.15, 0.2) is 24.3 Å². The molecule has 1 N–H and O–H groups in total. The number of nitriles is 1. The van der Waals surface area contributed by atoms with Crippen LogP contribution in [0.1, 0.15) is 52.1 Å². The molecule has 1 unspecified atom stereocenters. The van der Waals surface area contributed by atoms with E-state index in [0.29, 0.717) is 12.3 Å². The van der Waals surface area contributed by atoms with E-state index < -0.39 is 0 Å². The molecule has 0 aromatic heterocycles. The van der Waals surface area contributed by atoms with Gasteiger partial charge in [-0.25, -0.2) is 4.39 Å². The van der Waals surface area contributed by atoms with E-state index in [4.69, 9.17) is 5.26 Å². The van der Waals surface area contributed by atoms with E-state index in [1.54, 1.807) is 0 Å².